The molecule has 1 N–H and O–H groups in total. The van der Waals surface area contributed by atoms with Crippen molar-refractivity contribution in [2.45, 2.75) is 52.3 Å². The van der Waals surface area contributed by atoms with Gasteiger partial charge in [-0.3, -0.25) is 4.79 Å². The molecule has 0 aromatic rings. The molecule has 0 aliphatic heterocycles. The zero-order valence-electron chi connectivity index (χ0n) is 12.0. The Morgan fingerprint density at radius 3 is 2.55 bits per heavy atom. The van der Waals surface area contributed by atoms with Gasteiger partial charge in [0.15, 0.2) is 0 Å². The van der Waals surface area contributed by atoms with Crippen LogP contribution in [0.1, 0.15) is 40.0 Å². The first-order valence-corrected chi connectivity index (χ1v) is 6.92. The van der Waals surface area contributed by atoms with Gasteiger partial charge in [0, 0.05) is 5.57 Å². The van der Waals surface area contributed by atoms with Gasteiger partial charge in [0.2, 0.25) is 5.91 Å². The Balaban J connectivity index is 2.10. The lowest BCUT2D eigenvalue weighted by Crippen LogP contribution is -2.44. The summed E-state index contributed by atoms with van der Waals surface area (Å²) in [6.45, 7) is 5.07. The van der Waals surface area contributed by atoms with Gasteiger partial charge in [-0.25, -0.2) is 0 Å². The fraction of sp³-hybridized carbons (Fsp3) is 0.667. The molecule has 2 rings (SSSR count). The highest BCUT2D eigenvalue weighted by Crippen LogP contribution is 2.53. The summed E-state index contributed by atoms with van der Waals surface area (Å²) in [5, 5.41) is 2.04. The Bertz CT molecular complexity index is 472. The van der Waals surface area contributed by atoms with E-state index >= 15 is 0 Å². The molecule has 2 atom stereocenters. The van der Waals surface area contributed by atoms with Gasteiger partial charge in [-0.2, -0.15) is 13.2 Å². The maximum absolute atomic E-state index is 12.5. The summed E-state index contributed by atoms with van der Waals surface area (Å²) in [7, 11) is 0. The average molecular weight is 287 g/mol. The Morgan fingerprint density at radius 1 is 1.45 bits per heavy atom. The van der Waals surface area contributed by atoms with E-state index in [2.05, 4.69) is 13.0 Å². The van der Waals surface area contributed by atoms with Gasteiger partial charge in [0.25, 0.3) is 0 Å². The molecule has 20 heavy (non-hydrogen) atoms. The van der Waals surface area contributed by atoms with Crippen LogP contribution >= 0.6 is 0 Å². The summed E-state index contributed by atoms with van der Waals surface area (Å²) in [6.07, 6.45) is 2.17. The second-order valence-electron chi connectivity index (χ2n) is 6.27. The molecule has 0 radical (unpaired) electrons. The highest BCUT2D eigenvalue weighted by Gasteiger charge is 2.42. The number of nitrogens with one attached hydrogen (secondary N) is 1. The predicted octanol–water partition coefficient (Wildman–Crippen LogP) is 3.75. The molecule has 2 nitrogen and oxygen atoms in total. The minimum Gasteiger partial charge on any atom is -0.341 e. The van der Waals surface area contributed by atoms with Gasteiger partial charge in [0.1, 0.15) is 6.04 Å². The topological polar surface area (TPSA) is 29.1 Å². The number of rotatable bonds is 3. The number of halogens is 3. The van der Waals surface area contributed by atoms with Crippen molar-refractivity contribution in [1.29, 1.82) is 0 Å². The van der Waals surface area contributed by atoms with E-state index in [9.17, 15) is 18.0 Å². The highest BCUT2D eigenvalue weighted by atomic mass is 19.4. The number of carbonyl (C=O) groups is 1. The molecule has 0 aromatic carbocycles. The summed E-state index contributed by atoms with van der Waals surface area (Å²) in [4.78, 5) is 12.0. The predicted molar refractivity (Wildman–Crippen MR) is 70.9 cm³/mol. The fourth-order valence-corrected chi connectivity index (χ4v) is 2.39. The molecule has 1 fully saturated rings. The second-order valence-corrected chi connectivity index (χ2v) is 6.27. The first kappa shape index (κ1) is 15.1. The number of hydrogen-bond acceptors (Lipinski definition) is 1. The molecule has 112 valence electrons. The van der Waals surface area contributed by atoms with E-state index in [1.807, 2.05) is 12.2 Å². The molecule has 5 heteroatoms. The molecule has 0 heterocycles. The molecule has 0 bridgehead atoms. The van der Waals surface area contributed by atoms with Crippen molar-refractivity contribution < 1.29 is 18.0 Å². The zero-order valence-corrected chi connectivity index (χ0v) is 12.0. The summed E-state index contributed by atoms with van der Waals surface area (Å²) >= 11 is 0. The molecule has 2 aliphatic rings. The SMILES string of the molecule is CC1C=C(C2(C)CC2)C=C(C(=O)N[C@@H](C)C(F)(F)F)C1. The molecule has 0 spiro atoms. The lowest BCUT2D eigenvalue weighted by molar-refractivity contribution is -0.156. The monoisotopic (exact) mass is 287 g/mol. The fourth-order valence-electron chi connectivity index (χ4n) is 2.39. The Kier molecular flexibility index (Phi) is 3.73. The van der Waals surface area contributed by atoms with Crippen LogP contribution in [0.5, 0.6) is 0 Å². The zero-order chi connectivity index (χ0) is 15.1. The molecular formula is C15H20F3NO. The normalized spacial score (nSPS) is 26.4. The number of amides is 1. The van der Waals surface area contributed by atoms with Crippen LogP contribution in [0, 0.1) is 11.3 Å². The maximum Gasteiger partial charge on any atom is 0.408 e. The van der Waals surface area contributed by atoms with E-state index in [1.165, 1.54) is 0 Å². The van der Waals surface area contributed by atoms with Crippen LogP contribution in [0.2, 0.25) is 0 Å². The van der Waals surface area contributed by atoms with Crippen LogP contribution < -0.4 is 5.32 Å². The van der Waals surface area contributed by atoms with Crippen LogP contribution in [-0.4, -0.2) is 18.1 Å². The third kappa shape index (κ3) is 3.25. The van der Waals surface area contributed by atoms with Crippen LogP contribution in [0.25, 0.3) is 0 Å². The van der Waals surface area contributed by atoms with Crippen LogP contribution in [0.15, 0.2) is 23.3 Å². The lowest BCUT2D eigenvalue weighted by atomic mass is 9.84. The third-order valence-electron chi connectivity index (χ3n) is 4.16. The van der Waals surface area contributed by atoms with Crippen molar-refractivity contribution in [3.8, 4) is 0 Å². The van der Waals surface area contributed by atoms with Gasteiger partial charge >= 0.3 is 6.18 Å². The largest absolute Gasteiger partial charge is 0.408 e. The van der Waals surface area contributed by atoms with E-state index < -0.39 is 18.1 Å². The molecular weight excluding hydrogens is 267 g/mol. The van der Waals surface area contributed by atoms with Crippen molar-refractivity contribution in [3.05, 3.63) is 23.3 Å². The van der Waals surface area contributed by atoms with Gasteiger partial charge in [0.05, 0.1) is 0 Å². The molecule has 1 saturated carbocycles. The minimum atomic E-state index is -4.41. The van der Waals surface area contributed by atoms with E-state index in [-0.39, 0.29) is 11.3 Å². The summed E-state index contributed by atoms with van der Waals surface area (Å²) in [6, 6.07) is -1.82. The van der Waals surface area contributed by atoms with Gasteiger partial charge in [-0.05, 0) is 43.1 Å². The van der Waals surface area contributed by atoms with E-state index in [0.29, 0.717) is 12.0 Å². The Labute approximate surface area is 117 Å². The van der Waals surface area contributed by atoms with E-state index in [1.54, 1.807) is 6.08 Å². The maximum atomic E-state index is 12.5. The number of alkyl halides is 3. The Hall–Kier alpha value is -1.26. The van der Waals surface area contributed by atoms with E-state index in [4.69, 9.17) is 0 Å². The first-order chi connectivity index (χ1) is 9.12. The smallest absolute Gasteiger partial charge is 0.341 e. The van der Waals surface area contributed by atoms with Crippen LogP contribution in [-0.2, 0) is 4.79 Å². The number of allylic oxidation sites excluding steroid dienone is 3. The summed E-state index contributed by atoms with van der Waals surface area (Å²) in [5.41, 5.74) is 1.68. The summed E-state index contributed by atoms with van der Waals surface area (Å²) in [5.74, 6) is -0.411. The van der Waals surface area contributed by atoms with Crippen molar-refractivity contribution in [2.75, 3.05) is 0 Å². The van der Waals surface area contributed by atoms with Crippen molar-refractivity contribution in [1.82, 2.24) is 5.32 Å². The Morgan fingerprint density at radius 2 is 2.05 bits per heavy atom. The second kappa shape index (κ2) is 4.93. The van der Waals surface area contributed by atoms with Gasteiger partial charge in [-0.1, -0.05) is 26.0 Å². The molecule has 0 aromatic heterocycles. The van der Waals surface area contributed by atoms with Crippen molar-refractivity contribution in [2.24, 2.45) is 11.3 Å². The number of hydrogen-bond donors (Lipinski definition) is 1. The molecule has 1 unspecified atom stereocenters. The third-order valence-corrected chi connectivity index (χ3v) is 4.16. The highest BCUT2D eigenvalue weighted by molar-refractivity contribution is 5.94. The van der Waals surface area contributed by atoms with Gasteiger partial charge < -0.3 is 5.32 Å². The van der Waals surface area contributed by atoms with Crippen molar-refractivity contribution >= 4 is 5.91 Å². The minimum absolute atomic E-state index is 0.121. The standard InChI is InChI=1S/C15H20F3NO/c1-9-6-11(8-12(7-9)14(3)4-5-14)13(20)19-10(2)15(16,17)18/h7-10H,4-6H2,1-3H3,(H,19,20)/t9?,10-/m0/s1. The van der Waals surface area contributed by atoms with Crippen LogP contribution in [0.4, 0.5) is 13.2 Å². The quantitative estimate of drug-likeness (QED) is 0.841. The number of carbonyl (C=O) groups excluding carboxylic acids is 1. The molecule has 2 aliphatic carbocycles. The van der Waals surface area contributed by atoms with Gasteiger partial charge in [-0.15, -0.1) is 0 Å². The first-order valence-electron chi connectivity index (χ1n) is 6.92. The summed E-state index contributed by atoms with van der Waals surface area (Å²) < 4.78 is 37.5. The molecule has 1 amide bonds. The van der Waals surface area contributed by atoms with Crippen LogP contribution in [0.3, 0.4) is 0 Å². The lowest BCUT2D eigenvalue weighted by Gasteiger charge is -2.24. The average Bonchev–Trinajstić information content (AvgIpc) is 3.06. The van der Waals surface area contributed by atoms with Crippen molar-refractivity contribution in [3.63, 3.8) is 0 Å². The molecule has 0 saturated heterocycles. The van der Waals surface area contributed by atoms with E-state index in [0.717, 1.165) is 25.3 Å².